The van der Waals surface area contributed by atoms with Crippen LogP contribution >= 0.6 is 0 Å². The third-order valence-electron chi connectivity index (χ3n) is 2.16. The van der Waals surface area contributed by atoms with Gasteiger partial charge in [-0.15, -0.1) is 0 Å². The zero-order valence-electron chi connectivity index (χ0n) is 9.30. The molecule has 0 fully saturated rings. The van der Waals surface area contributed by atoms with Crippen molar-refractivity contribution in [1.82, 2.24) is 0 Å². The van der Waals surface area contributed by atoms with Crippen molar-refractivity contribution in [3.05, 3.63) is 0 Å². The van der Waals surface area contributed by atoms with Crippen LogP contribution in [0.4, 0.5) is 0 Å². The van der Waals surface area contributed by atoms with Crippen LogP contribution in [0.25, 0.3) is 0 Å². The van der Waals surface area contributed by atoms with Gasteiger partial charge in [-0.05, 0) is 31.5 Å². The Kier molecular flexibility index (Phi) is 6.58. The molecule has 0 heterocycles. The van der Waals surface area contributed by atoms with Gasteiger partial charge in [-0.1, -0.05) is 13.8 Å². The lowest BCUT2D eigenvalue weighted by molar-refractivity contribution is 0.200. The van der Waals surface area contributed by atoms with Crippen LogP contribution in [-0.2, 0) is 8.85 Å². The van der Waals surface area contributed by atoms with Crippen LogP contribution in [0.15, 0.2) is 0 Å². The van der Waals surface area contributed by atoms with Gasteiger partial charge in [0, 0.05) is 13.7 Å². The zero-order valence-corrected chi connectivity index (χ0v) is 10.3. The summed E-state index contributed by atoms with van der Waals surface area (Å²) >= 11 is 0. The van der Waals surface area contributed by atoms with Crippen molar-refractivity contribution in [2.75, 3.05) is 20.3 Å². The Bertz CT molecular complexity index is 135. The number of rotatable bonds is 7. The van der Waals surface area contributed by atoms with Crippen molar-refractivity contribution in [1.29, 1.82) is 0 Å². The highest BCUT2D eigenvalue weighted by Crippen LogP contribution is 2.18. The Labute approximate surface area is 82.9 Å². The molecule has 0 rings (SSSR count). The SMILES string of the molecule is CCCO[Si](C)(CC(C)CN)OC. The largest absolute Gasteiger partial charge is 0.398 e. The minimum Gasteiger partial charge on any atom is -0.398 e. The lowest BCUT2D eigenvalue weighted by atomic mass is 10.2. The molecule has 13 heavy (non-hydrogen) atoms. The first-order valence-electron chi connectivity index (χ1n) is 4.97. The first-order chi connectivity index (χ1) is 6.08. The van der Waals surface area contributed by atoms with Gasteiger partial charge in [0.1, 0.15) is 0 Å². The van der Waals surface area contributed by atoms with E-state index in [-0.39, 0.29) is 0 Å². The lowest BCUT2D eigenvalue weighted by Crippen LogP contribution is -2.40. The van der Waals surface area contributed by atoms with Crippen LogP contribution < -0.4 is 5.73 Å². The standard InChI is InChI=1S/C9H23NO2Si/c1-5-6-12-13(4,11-3)8-9(2)7-10/h9H,5-8,10H2,1-4H3. The van der Waals surface area contributed by atoms with E-state index in [1.807, 2.05) is 0 Å². The van der Waals surface area contributed by atoms with Crippen LogP contribution in [0.2, 0.25) is 12.6 Å². The van der Waals surface area contributed by atoms with E-state index in [1.165, 1.54) is 0 Å². The maximum Gasteiger partial charge on any atom is 0.334 e. The molecule has 0 aromatic carbocycles. The molecule has 2 atom stereocenters. The van der Waals surface area contributed by atoms with Crippen molar-refractivity contribution in [2.45, 2.75) is 32.9 Å². The van der Waals surface area contributed by atoms with E-state index in [1.54, 1.807) is 7.11 Å². The molecule has 80 valence electrons. The van der Waals surface area contributed by atoms with Gasteiger partial charge < -0.3 is 14.6 Å². The molecule has 2 N–H and O–H groups in total. The molecule has 3 nitrogen and oxygen atoms in total. The third kappa shape index (κ3) is 5.41. The van der Waals surface area contributed by atoms with E-state index in [9.17, 15) is 0 Å². The van der Waals surface area contributed by atoms with Gasteiger partial charge in [0.2, 0.25) is 0 Å². The average molecular weight is 205 g/mol. The molecule has 0 saturated heterocycles. The van der Waals surface area contributed by atoms with E-state index in [2.05, 4.69) is 20.4 Å². The van der Waals surface area contributed by atoms with Crippen molar-refractivity contribution >= 4 is 8.56 Å². The summed E-state index contributed by atoms with van der Waals surface area (Å²) in [6.45, 7) is 7.86. The van der Waals surface area contributed by atoms with E-state index >= 15 is 0 Å². The second-order valence-corrected chi connectivity index (χ2v) is 7.10. The number of nitrogens with two attached hydrogens (primary N) is 1. The summed E-state index contributed by atoms with van der Waals surface area (Å²) in [4.78, 5) is 0. The van der Waals surface area contributed by atoms with Gasteiger partial charge in [-0.3, -0.25) is 0 Å². The van der Waals surface area contributed by atoms with Gasteiger partial charge in [0.25, 0.3) is 0 Å². The Morgan fingerprint density at radius 1 is 1.46 bits per heavy atom. The highest BCUT2D eigenvalue weighted by atomic mass is 28.4. The maximum atomic E-state index is 5.76. The highest BCUT2D eigenvalue weighted by Gasteiger charge is 2.31. The summed E-state index contributed by atoms with van der Waals surface area (Å²) < 4.78 is 11.2. The summed E-state index contributed by atoms with van der Waals surface area (Å²) in [7, 11) is -0.167. The van der Waals surface area contributed by atoms with Gasteiger partial charge in [0.05, 0.1) is 0 Å². The molecule has 0 aliphatic rings. The van der Waals surface area contributed by atoms with E-state index in [4.69, 9.17) is 14.6 Å². The maximum absolute atomic E-state index is 5.76. The van der Waals surface area contributed by atoms with Gasteiger partial charge in [-0.25, -0.2) is 0 Å². The molecule has 0 aliphatic carbocycles. The summed E-state index contributed by atoms with van der Waals surface area (Å²) in [6.07, 6.45) is 1.04. The molecule has 0 bridgehead atoms. The normalized spacial score (nSPS) is 18.2. The molecule has 0 amide bonds. The van der Waals surface area contributed by atoms with Crippen molar-refractivity contribution in [3.63, 3.8) is 0 Å². The fourth-order valence-electron chi connectivity index (χ4n) is 1.24. The highest BCUT2D eigenvalue weighted by molar-refractivity contribution is 6.66. The summed E-state index contributed by atoms with van der Waals surface area (Å²) in [5.74, 6) is 0.494. The molecule has 0 saturated carbocycles. The Hall–Kier alpha value is 0.0969. The fourth-order valence-corrected chi connectivity index (χ4v) is 3.71. The molecule has 4 heteroatoms. The summed E-state index contributed by atoms with van der Waals surface area (Å²) in [6, 6.07) is 0.986. The van der Waals surface area contributed by atoms with Gasteiger partial charge in [-0.2, -0.15) is 0 Å². The molecule has 0 spiro atoms. The molecule has 0 aromatic rings. The van der Waals surface area contributed by atoms with E-state index < -0.39 is 8.56 Å². The van der Waals surface area contributed by atoms with Crippen molar-refractivity contribution < 1.29 is 8.85 Å². The Morgan fingerprint density at radius 3 is 2.46 bits per heavy atom. The quantitative estimate of drug-likeness (QED) is 0.644. The summed E-state index contributed by atoms with van der Waals surface area (Å²) in [5.41, 5.74) is 5.57. The first kappa shape index (κ1) is 13.1. The monoisotopic (exact) mass is 205 g/mol. The van der Waals surface area contributed by atoms with Gasteiger partial charge in [0.15, 0.2) is 0 Å². The summed E-state index contributed by atoms with van der Waals surface area (Å²) in [5, 5.41) is 0. The van der Waals surface area contributed by atoms with E-state index in [0.717, 1.165) is 19.1 Å². The molecule has 0 aromatic heterocycles. The number of hydrogen-bond acceptors (Lipinski definition) is 3. The average Bonchev–Trinajstić information content (AvgIpc) is 2.14. The second-order valence-electron chi connectivity index (χ2n) is 3.73. The molecule has 2 unspecified atom stereocenters. The predicted octanol–water partition coefficient (Wildman–Crippen LogP) is 1.73. The molecule has 0 radical (unpaired) electrons. The smallest absolute Gasteiger partial charge is 0.334 e. The van der Waals surface area contributed by atoms with Crippen LogP contribution in [0.5, 0.6) is 0 Å². The lowest BCUT2D eigenvalue weighted by Gasteiger charge is -2.27. The van der Waals surface area contributed by atoms with Crippen LogP contribution in [0.1, 0.15) is 20.3 Å². The molecular formula is C9H23NO2Si. The molecule has 0 aliphatic heterocycles. The van der Waals surface area contributed by atoms with E-state index in [0.29, 0.717) is 12.5 Å². The third-order valence-corrected chi connectivity index (χ3v) is 5.28. The fraction of sp³-hybridized carbons (Fsp3) is 1.00. The van der Waals surface area contributed by atoms with Gasteiger partial charge >= 0.3 is 8.56 Å². The van der Waals surface area contributed by atoms with Crippen molar-refractivity contribution in [2.24, 2.45) is 11.7 Å². The molecular weight excluding hydrogens is 182 g/mol. The second kappa shape index (κ2) is 6.54. The Morgan fingerprint density at radius 2 is 2.08 bits per heavy atom. The van der Waals surface area contributed by atoms with Crippen molar-refractivity contribution in [3.8, 4) is 0 Å². The first-order valence-corrected chi connectivity index (χ1v) is 7.49. The van der Waals surface area contributed by atoms with Crippen LogP contribution in [-0.4, -0.2) is 28.8 Å². The van der Waals surface area contributed by atoms with Crippen LogP contribution in [0.3, 0.4) is 0 Å². The predicted molar refractivity (Wildman–Crippen MR) is 57.9 cm³/mol. The topological polar surface area (TPSA) is 44.5 Å². The minimum atomic E-state index is -1.91. The van der Waals surface area contributed by atoms with Crippen LogP contribution in [0, 0.1) is 5.92 Å². The Balaban J connectivity index is 3.94. The number of hydrogen-bond donors (Lipinski definition) is 1. The minimum absolute atomic E-state index is 0.494. The zero-order chi connectivity index (χ0) is 10.3.